The maximum Gasteiger partial charge on any atom is 0.326 e. The number of nitrogens with two attached hydrogens (primary N) is 1. The molecule has 0 bridgehead atoms. The molecule has 0 aromatic heterocycles. The molecule has 1 saturated heterocycles. The summed E-state index contributed by atoms with van der Waals surface area (Å²) in [4.78, 5) is 48.5. The molecule has 0 radical (unpaired) electrons. The molecule has 1 aromatic carbocycles. The van der Waals surface area contributed by atoms with Crippen molar-refractivity contribution in [1.29, 1.82) is 0 Å². The van der Waals surface area contributed by atoms with Gasteiger partial charge in [0.05, 0.1) is 12.5 Å². The summed E-state index contributed by atoms with van der Waals surface area (Å²) in [6.45, 7) is 0.290. The first-order valence-corrected chi connectivity index (χ1v) is 8.64. The fourth-order valence-corrected chi connectivity index (χ4v) is 3.10. The van der Waals surface area contributed by atoms with Crippen LogP contribution in [0.4, 0.5) is 0 Å². The number of likely N-dealkylation sites (tertiary alicyclic amines) is 1. The Hall–Kier alpha value is -2.94. The number of benzene rings is 1. The number of carbonyl (C=O) groups excluding carboxylic acids is 2. The van der Waals surface area contributed by atoms with Gasteiger partial charge in [-0.2, -0.15) is 0 Å². The summed E-state index contributed by atoms with van der Waals surface area (Å²) in [6.07, 6.45) is 0.492. The first-order valence-electron chi connectivity index (χ1n) is 8.64. The Morgan fingerprint density at radius 3 is 2.44 bits per heavy atom. The predicted octanol–water partition coefficient (Wildman–Crippen LogP) is -0.408. The maximum absolute atomic E-state index is 12.9. The maximum atomic E-state index is 12.9. The highest BCUT2D eigenvalue weighted by Gasteiger charge is 2.38. The average Bonchev–Trinajstić information content (AvgIpc) is 3.10. The Morgan fingerprint density at radius 2 is 1.85 bits per heavy atom. The number of hydrogen-bond donors (Lipinski definition) is 4. The van der Waals surface area contributed by atoms with Crippen LogP contribution < -0.4 is 11.1 Å². The number of amides is 2. The van der Waals surface area contributed by atoms with E-state index in [-0.39, 0.29) is 13.0 Å². The Kier molecular flexibility index (Phi) is 6.89. The number of hydrogen-bond acceptors (Lipinski definition) is 5. The van der Waals surface area contributed by atoms with E-state index in [1.54, 1.807) is 24.3 Å². The lowest BCUT2D eigenvalue weighted by Gasteiger charge is -2.28. The lowest BCUT2D eigenvalue weighted by atomic mass is 10.0. The van der Waals surface area contributed by atoms with E-state index < -0.39 is 48.3 Å². The molecule has 1 aliphatic rings. The van der Waals surface area contributed by atoms with E-state index in [9.17, 15) is 24.3 Å². The summed E-state index contributed by atoms with van der Waals surface area (Å²) in [5.41, 5.74) is 6.35. The van der Waals surface area contributed by atoms with Crippen LogP contribution in [0.1, 0.15) is 24.8 Å². The minimum Gasteiger partial charge on any atom is -0.481 e. The van der Waals surface area contributed by atoms with Crippen molar-refractivity contribution in [3.63, 3.8) is 0 Å². The van der Waals surface area contributed by atoms with Gasteiger partial charge in [-0.1, -0.05) is 30.3 Å². The fourth-order valence-electron chi connectivity index (χ4n) is 3.10. The summed E-state index contributed by atoms with van der Waals surface area (Å²) >= 11 is 0. The van der Waals surface area contributed by atoms with Gasteiger partial charge in [0.1, 0.15) is 12.1 Å². The van der Waals surface area contributed by atoms with Crippen molar-refractivity contribution < 1.29 is 29.4 Å². The van der Waals surface area contributed by atoms with Crippen LogP contribution >= 0.6 is 0 Å². The molecule has 9 nitrogen and oxygen atoms in total. The monoisotopic (exact) mass is 377 g/mol. The van der Waals surface area contributed by atoms with Gasteiger partial charge in [-0.3, -0.25) is 14.4 Å². The van der Waals surface area contributed by atoms with Crippen LogP contribution in [0.2, 0.25) is 0 Å². The van der Waals surface area contributed by atoms with E-state index in [1.165, 1.54) is 4.90 Å². The molecule has 1 fully saturated rings. The number of nitrogens with zero attached hydrogens (tertiary/aromatic N) is 1. The fraction of sp³-hybridized carbons (Fsp3) is 0.444. The van der Waals surface area contributed by atoms with Gasteiger partial charge in [-0.25, -0.2) is 4.79 Å². The van der Waals surface area contributed by atoms with Gasteiger partial charge < -0.3 is 26.2 Å². The summed E-state index contributed by atoms with van der Waals surface area (Å²) in [5.74, 6) is -3.60. The van der Waals surface area contributed by atoms with Gasteiger partial charge in [0.2, 0.25) is 11.8 Å². The van der Waals surface area contributed by atoms with Crippen LogP contribution in [0.15, 0.2) is 30.3 Å². The minimum absolute atomic E-state index is 0.147. The third-order valence-electron chi connectivity index (χ3n) is 4.45. The molecule has 1 aromatic rings. The molecule has 146 valence electrons. The second-order valence-electron chi connectivity index (χ2n) is 6.48. The molecule has 0 unspecified atom stereocenters. The predicted molar refractivity (Wildman–Crippen MR) is 94.7 cm³/mol. The number of rotatable bonds is 8. The highest BCUT2D eigenvalue weighted by molar-refractivity contribution is 5.93. The van der Waals surface area contributed by atoms with E-state index in [0.29, 0.717) is 12.8 Å². The van der Waals surface area contributed by atoms with Crippen molar-refractivity contribution in [2.75, 3.05) is 6.54 Å². The Balaban J connectivity index is 2.18. The number of carboxylic acids is 2. The van der Waals surface area contributed by atoms with Crippen molar-refractivity contribution in [1.82, 2.24) is 10.2 Å². The second kappa shape index (κ2) is 9.13. The highest BCUT2D eigenvalue weighted by Crippen LogP contribution is 2.19. The number of aliphatic carboxylic acids is 2. The number of nitrogens with one attached hydrogen (secondary N) is 1. The molecule has 27 heavy (non-hydrogen) atoms. The quantitative estimate of drug-likeness (QED) is 0.481. The smallest absolute Gasteiger partial charge is 0.326 e. The minimum atomic E-state index is -1.30. The Bertz CT molecular complexity index is 708. The highest BCUT2D eigenvalue weighted by atomic mass is 16.4. The molecule has 1 aliphatic heterocycles. The average molecular weight is 377 g/mol. The molecule has 2 rings (SSSR count). The summed E-state index contributed by atoms with van der Waals surface area (Å²) in [5, 5.41) is 20.6. The van der Waals surface area contributed by atoms with Crippen LogP contribution in [0.25, 0.3) is 0 Å². The van der Waals surface area contributed by atoms with Crippen LogP contribution in [-0.4, -0.2) is 63.5 Å². The van der Waals surface area contributed by atoms with Crippen LogP contribution in [0.3, 0.4) is 0 Å². The van der Waals surface area contributed by atoms with Gasteiger partial charge in [0.15, 0.2) is 0 Å². The van der Waals surface area contributed by atoms with Gasteiger partial charge in [-0.05, 0) is 18.4 Å². The third-order valence-corrected chi connectivity index (χ3v) is 4.45. The van der Waals surface area contributed by atoms with Gasteiger partial charge in [-0.15, -0.1) is 0 Å². The van der Waals surface area contributed by atoms with E-state index in [4.69, 9.17) is 10.8 Å². The molecule has 0 aliphatic carbocycles. The zero-order chi connectivity index (χ0) is 20.0. The molecular formula is C18H23N3O6. The molecule has 0 saturated carbocycles. The van der Waals surface area contributed by atoms with Crippen LogP contribution in [-0.2, 0) is 25.6 Å². The normalized spacial score (nSPS) is 18.6. The molecular weight excluding hydrogens is 354 g/mol. The summed E-state index contributed by atoms with van der Waals surface area (Å²) < 4.78 is 0. The molecule has 5 N–H and O–H groups in total. The van der Waals surface area contributed by atoms with Gasteiger partial charge in [0, 0.05) is 13.0 Å². The van der Waals surface area contributed by atoms with Crippen molar-refractivity contribution in [2.45, 2.75) is 43.8 Å². The van der Waals surface area contributed by atoms with Crippen molar-refractivity contribution >= 4 is 23.8 Å². The van der Waals surface area contributed by atoms with E-state index >= 15 is 0 Å². The Labute approximate surface area is 156 Å². The Morgan fingerprint density at radius 1 is 1.19 bits per heavy atom. The first-order chi connectivity index (χ1) is 12.8. The summed E-state index contributed by atoms with van der Waals surface area (Å²) in [6, 6.07) is 5.67. The van der Waals surface area contributed by atoms with E-state index in [2.05, 4.69) is 5.32 Å². The molecule has 3 atom stereocenters. The van der Waals surface area contributed by atoms with Gasteiger partial charge >= 0.3 is 11.9 Å². The second-order valence-corrected chi connectivity index (χ2v) is 6.48. The lowest BCUT2D eigenvalue weighted by molar-refractivity contribution is -0.149. The largest absolute Gasteiger partial charge is 0.481 e. The van der Waals surface area contributed by atoms with Crippen molar-refractivity contribution in [2.24, 2.45) is 5.73 Å². The SMILES string of the molecule is N[C@@H](CC(=O)O)C(=O)N[C@@H](Cc1ccccc1)C(=O)N1CCC[C@@H]1C(=O)O. The van der Waals surface area contributed by atoms with Crippen LogP contribution in [0, 0.1) is 0 Å². The number of carbonyl (C=O) groups is 4. The number of carboxylic acid groups (broad SMARTS) is 2. The standard InChI is InChI=1S/C18H23N3O6/c19-12(10-15(22)23)16(24)20-13(9-11-5-2-1-3-6-11)17(25)21-8-4-7-14(21)18(26)27/h1-3,5-6,12-14H,4,7-10,19H2,(H,20,24)(H,22,23)(H,26,27)/t12-,13-,14+/m0/s1. The molecule has 2 amide bonds. The topological polar surface area (TPSA) is 150 Å². The van der Waals surface area contributed by atoms with E-state index in [1.807, 2.05) is 6.07 Å². The molecule has 1 heterocycles. The van der Waals surface area contributed by atoms with Gasteiger partial charge in [0.25, 0.3) is 0 Å². The zero-order valence-electron chi connectivity index (χ0n) is 14.7. The molecule has 0 spiro atoms. The zero-order valence-corrected chi connectivity index (χ0v) is 14.7. The lowest BCUT2D eigenvalue weighted by Crippen LogP contribution is -2.55. The van der Waals surface area contributed by atoms with E-state index in [0.717, 1.165) is 5.56 Å². The first kappa shape index (κ1) is 20.4. The third kappa shape index (κ3) is 5.52. The molecule has 9 heteroatoms. The summed E-state index contributed by atoms with van der Waals surface area (Å²) in [7, 11) is 0. The van der Waals surface area contributed by atoms with Crippen LogP contribution in [0.5, 0.6) is 0 Å². The van der Waals surface area contributed by atoms with Crippen molar-refractivity contribution in [3.8, 4) is 0 Å². The van der Waals surface area contributed by atoms with Crippen molar-refractivity contribution in [3.05, 3.63) is 35.9 Å².